The Balaban J connectivity index is 1.90. The van der Waals surface area contributed by atoms with Gasteiger partial charge in [-0.2, -0.15) is 0 Å². The molecule has 0 aliphatic heterocycles. The first-order valence-electron chi connectivity index (χ1n) is 10.5. The number of likely N-dealkylation sites (N-methyl/N-ethyl adjacent to an activating group) is 1. The average molecular weight is 427 g/mol. The van der Waals surface area contributed by atoms with Gasteiger partial charge in [0.15, 0.2) is 12.6 Å². The fourth-order valence-electron chi connectivity index (χ4n) is 2.81. The smallest absolute Gasteiger partial charge is 0.257 e. The van der Waals surface area contributed by atoms with Crippen molar-refractivity contribution in [3.05, 3.63) is 59.7 Å². The molecule has 0 radical (unpaired) electrons. The van der Waals surface area contributed by atoms with Crippen LogP contribution in [0.1, 0.15) is 38.8 Å². The summed E-state index contributed by atoms with van der Waals surface area (Å²) in [6.45, 7) is 9.72. The minimum absolute atomic E-state index is 0.00396. The normalized spacial score (nSPS) is 11.6. The van der Waals surface area contributed by atoms with Gasteiger partial charge in [-0.15, -0.1) is 0 Å². The zero-order chi connectivity index (χ0) is 22.7. The first-order chi connectivity index (χ1) is 14.8. The zero-order valence-corrected chi connectivity index (χ0v) is 19.1. The molecule has 7 nitrogen and oxygen atoms in total. The number of para-hydroxylation sites is 1. The molecule has 0 aliphatic carbocycles. The lowest BCUT2D eigenvalue weighted by Gasteiger charge is -2.23. The van der Waals surface area contributed by atoms with Crippen molar-refractivity contribution in [2.75, 3.05) is 20.2 Å². The second kappa shape index (κ2) is 11.8. The summed E-state index contributed by atoms with van der Waals surface area (Å²) in [4.78, 5) is 15.9. The van der Waals surface area contributed by atoms with Crippen LogP contribution in [0.15, 0.2) is 53.5 Å². The van der Waals surface area contributed by atoms with Crippen LogP contribution in [0.3, 0.4) is 0 Å². The maximum atomic E-state index is 11.6. The van der Waals surface area contributed by atoms with Crippen molar-refractivity contribution in [3.63, 3.8) is 0 Å². The Bertz CT molecular complexity index is 875. The van der Waals surface area contributed by atoms with E-state index in [9.17, 15) is 4.79 Å². The molecule has 0 aromatic heterocycles. The Hall–Kier alpha value is -3.22. The molecule has 0 aliphatic rings. The topological polar surface area (TPSA) is 84.0 Å². The summed E-state index contributed by atoms with van der Waals surface area (Å²) in [5.74, 6) is 2.06. The van der Waals surface area contributed by atoms with Gasteiger partial charge in [0.25, 0.3) is 5.91 Å². The third kappa shape index (κ3) is 8.99. The van der Waals surface area contributed by atoms with Crippen molar-refractivity contribution in [2.45, 2.75) is 46.4 Å². The highest BCUT2D eigenvalue weighted by atomic mass is 16.5. The molecule has 0 atom stereocenters. The molecular formula is C24H34N4O3. The molecule has 1 amide bonds. The van der Waals surface area contributed by atoms with E-state index in [1.165, 1.54) is 0 Å². The summed E-state index contributed by atoms with van der Waals surface area (Å²) >= 11 is 0. The summed E-state index contributed by atoms with van der Waals surface area (Å²) < 4.78 is 11.6. The first-order valence-corrected chi connectivity index (χ1v) is 10.5. The van der Waals surface area contributed by atoms with E-state index in [0.29, 0.717) is 31.3 Å². The number of rotatable bonds is 9. The molecular weight excluding hydrogens is 392 g/mol. The van der Waals surface area contributed by atoms with Gasteiger partial charge < -0.3 is 25.4 Å². The fraction of sp³-hybridized carbons (Fsp3) is 0.417. The van der Waals surface area contributed by atoms with Crippen molar-refractivity contribution in [2.24, 2.45) is 4.99 Å². The van der Waals surface area contributed by atoms with E-state index in [2.05, 4.69) is 20.9 Å². The number of carbonyl (C=O) groups is 1. The van der Waals surface area contributed by atoms with Crippen LogP contribution in [0, 0.1) is 0 Å². The van der Waals surface area contributed by atoms with Crippen LogP contribution >= 0.6 is 0 Å². The Morgan fingerprint density at radius 1 is 1.00 bits per heavy atom. The molecule has 2 aromatic carbocycles. The van der Waals surface area contributed by atoms with Crippen molar-refractivity contribution < 1.29 is 14.3 Å². The molecule has 31 heavy (non-hydrogen) atoms. The largest absolute Gasteiger partial charge is 0.488 e. The molecule has 0 spiro atoms. The van der Waals surface area contributed by atoms with E-state index in [1.54, 1.807) is 7.05 Å². The predicted octanol–water partition coefficient (Wildman–Crippen LogP) is 3.24. The Kier molecular flexibility index (Phi) is 9.18. The van der Waals surface area contributed by atoms with Crippen molar-refractivity contribution >= 4 is 11.9 Å². The summed E-state index contributed by atoms with van der Waals surface area (Å²) in [6.07, 6.45) is 0. The number of aliphatic imine (C=N–C) groups is 1. The summed E-state index contributed by atoms with van der Waals surface area (Å²) in [5.41, 5.74) is 1.81. The third-order valence-corrected chi connectivity index (χ3v) is 4.16. The minimum Gasteiger partial charge on any atom is -0.488 e. The van der Waals surface area contributed by atoms with E-state index in [4.69, 9.17) is 9.47 Å². The number of nitrogens with one attached hydrogen (secondary N) is 3. The van der Waals surface area contributed by atoms with Crippen LogP contribution in [0.2, 0.25) is 0 Å². The molecule has 0 saturated carbocycles. The molecule has 168 valence electrons. The Labute approximate surface area is 185 Å². The average Bonchev–Trinajstić information content (AvgIpc) is 2.73. The second-order valence-corrected chi connectivity index (χ2v) is 7.99. The molecule has 0 bridgehead atoms. The van der Waals surface area contributed by atoms with Gasteiger partial charge in [-0.05, 0) is 51.5 Å². The van der Waals surface area contributed by atoms with Crippen LogP contribution in [0.25, 0.3) is 0 Å². The van der Waals surface area contributed by atoms with Crippen LogP contribution < -0.4 is 25.4 Å². The van der Waals surface area contributed by atoms with Gasteiger partial charge in [-0.1, -0.05) is 30.3 Å². The maximum absolute atomic E-state index is 11.6. The van der Waals surface area contributed by atoms with Gasteiger partial charge in [0.2, 0.25) is 0 Å². The standard InChI is InChI=1S/C24H34N4O3/c1-6-26-22(29)17-30-20-12-9-10-18(14-20)15-27-23(25-5)28-16-19-11-7-8-13-21(19)31-24(2,3)4/h7-14H,6,15-17H2,1-5H3,(H,26,29)(H2,25,27,28). The SMILES string of the molecule is CCNC(=O)COc1cccc(CNC(=NC)NCc2ccccc2OC(C)(C)C)c1. The number of hydrogen-bond acceptors (Lipinski definition) is 4. The van der Waals surface area contributed by atoms with E-state index in [-0.39, 0.29) is 18.1 Å². The monoisotopic (exact) mass is 426 g/mol. The highest BCUT2D eigenvalue weighted by Gasteiger charge is 2.14. The summed E-state index contributed by atoms with van der Waals surface area (Å²) in [6, 6.07) is 15.6. The number of guanidine groups is 1. The molecule has 2 aromatic rings. The molecule has 0 saturated heterocycles. The molecule has 0 fully saturated rings. The van der Waals surface area contributed by atoms with Crippen LogP contribution in [-0.4, -0.2) is 37.7 Å². The highest BCUT2D eigenvalue weighted by molar-refractivity contribution is 5.79. The van der Waals surface area contributed by atoms with Gasteiger partial charge in [-0.25, -0.2) is 0 Å². The molecule has 0 heterocycles. The van der Waals surface area contributed by atoms with E-state index >= 15 is 0 Å². The number of hydrogen-bond donors (Lipinski definition) is 3. The minimum atomic E-state index is -0.264. The molecule has 2 rings (SSSR count). The number of benzene rings is 2. The predicted molar refractivity (Wildman–Crippen MR) is 124 cm³/mol. The quantitative estimate of drug-likeness (QED) is 0.423. The van der Waals surface area contributed by atoms with Crippen LogP contribution in [-0.2, 0) is 17.9 Å². The molecule has 3 N–H and O–H groups in total. The third-order valence-electron chi connectivity index (χ3n) is 4.16. The van der Waals surface area contributed by atoms with E-state index in [1.807, 2.05) is 76.2 Å². The van der Waals surface area contributed by atoms with Crippen molar-refractivity contribution in [1.29, 1.82) is 0 Å². The van der Waals surface area contributed by atoms with Gasteiger partial charge >= 0.3 is 0 Å². The lowest BCUT2D eigenvalue weighted by Crippen LogP contribution is -2.36. The van der Waals surface area contributed by atoms with Gasteiger partial charge in [0.05, 0.1) is 0 Å². The number of nitrogens with zero attached hydrogens (tertiary/aromatic N) is 1. The first kappa shape index (κ1) is 24.1. The summed E-state index contributed by atoms with van der Waals surface area (Å²) in [7, 11) is 1.73. The van der Waals surface area contributed by atoms with Crippen molar-refractivity contribution in [3.8, 4) is 11.5 Å². The lowest BCUT2D eigenvalue weighted by atomic mass is 10.1. The maximum Gasteiger partial charge on any atom is 0.257 e. The second-order valence-electron chi connectivity index (χ2n) is 7.99. The Morgan fingerprint density at radius 2 is 1.74 bits per heavy atom. The van der Waals surface area contributed by atoms with Crippen LogP contribution in [0.5, 0.6) is 11.5 Å². The van der Waals surface area contributed by atoms with Gasteiger partial charge in [0.1, 0.15) is 17.1 Å². The lowest BCUT2D eigenvalue weighted by molar-refractivity contribution is -0.122. The van der Waals surface area contributed by atoms with Gasteiger partial charge in [0, 0.05) is 32.2 Å². The fourth-order valence-corrected chi connectivity index (χ4v) is 2.81. The van der Waals surface area contributed by atoms with Crippen molar-refractivity contribution in [1.82, 2.24) is 16.0 Å². The summed E-state index contributed by atoms with van der Waals surface area (Å²) in [5, 5.41) is 9.34. The zero-order valence-electron chi connectivity index (χ0n) is 19.1. The number of amides is 1. The van der Waals surface area contributed by atoms with E-state index < -0.39 is 0 Å². The van der Waals surface area contributed by atoms with Gasteiger partial charge in [-0.3, -0.25) is 9.79 Å². The number of carbonyl (C=O) groups excluding carboxylic acids is 1. The Morgan fingerprint density at radius 3 is 2.45 bits per heavy atom. The molecule has 0 unspecified atom stereocenters. The van der Waals surface area contributed by atoms with Crippen LogP contribution in [0.4, 0.5) is 0 Å². The molecule has 7 heteroatoms. The number of ether oxygens (including phenoxy) is 2. The highest BCUT2D eigenvalue weighted by Crippen LogP contribution is 2.22. The van der Waals surface area contributed by atoms with E-state index in [0.717, 1.165) is 16.9 Å².